The molecule has 9 nitrogen and oxygen atoms in total. The van der Waals surface area contributed by atoms with Crippen molar-refractivity contribution in [2.24, 2.45) is 0 Å². The van der Waals surface area contributed by atoms with E-state index in [2.05, 4.69) is 16.0 Å². The SMILES string of the molecule is CCC(=O)CCCCC[C@@H]1NC(=O)C2CCCCN2C(=O)CNC(=O)CNC1=O. The molecular weight excluding hydrogens is 376 g/mol. The quantitative estimate of drug-likeness (QED) is 0.513. The maximum Gasteiger partial charge on any atom is 0.243 e. The molecule has 2 aliphatic rings. The molecule has 2 rings (SSSR count). The summed E-state index contributed by atoms with van der Waals surface area (Å²) in [6, 6.07) is -1.39. The Morgan fingerprint density at radius 1 is 1.00 bits per heavy atom. The first-order valence-corrected chi connectivity index (χ1v) is 10.6. The maximum atomic E-state index is 12.8. The molecule has 29 heavy (non-hydrogen) atoms. The molecule has 0 spiro atoms. The second-order valence-electron chi connectivity index (χ2n) is 7.65. The molecule has 0 bridgehead atoms. The van der Waals surface area contributed by atoms with Gasteiger partial charge in [-0.05, 0) is 32.1 Å². The van der Waals surface area contributed by atoms with Crippen molar-refractivity contribution in [2.45, 2.75) is 76.8 Å². The van der Waals surface area contributed by atoms with Crippen LogP contribution in [0.1, 0.15) is 64.7 Å². The minimum atomic E-state index is -0.768. The Bertz CT molecular complexity index is 636. The van der Waals surface area contributed by atoms with Crippen molar-refractivity contribution >= 4 is 29.4 Å². The van der Waals surface area contributed by atoms with E-state index >= 15 is 0 Å². The molecular formula is C20H32N4O5. The summed E-state index contributed by atoms with van der Waals surface area (Å²) in [5, 5.41) is 7.82. The van der Waals surface area contributed by atoms with Gasteiger partial charge in [-0.1, -0.05) is 19.8 Å². The number of hydrogen-bond donors (Lipinski definition) is 3. The van der Waals surface area contributed by atoms with Crippen LogP contribution in [0, 0.1) is 0 Å². The molecule has 2 heterocycles. The number of hydrogen-bond acceptors (Lipinski definition) is 5. The average Bonchev–Trinajstić information content (AvgIpc) is 2.73. The summed E-state index contributed by atoms with van der Waals surface area (Å²) in [7, 11) is 0. The van der Waals surface area contributed by atoms with Gasteiger partial charge in [0.1, 0.15) is 17.9 Å². The molecule has 1 unspecified atom stereocenters. The third-order valence-electron chi connectivity index (χ3n) is 5.46. The van der Waals surface area contributed by atoms with Crippen molar-refractivity contribution < 1.29 is 24.0 Å². The number of Topliss-reactive ketones (excluding diaryl/α,β-unsaturated/α-hetero) is 1. The highest BCUT2D eigenvalue weighted by atomic mass is 16.2. The lowest BCUT2D eigenvalue weighted by atomic mass is 9.99. The largest absolute Gasteiger partial charge is 0.345 e. The highest BCUT2D eigenvalue weighted by Crippen LogP contribution is 2.18. The van der Waals surface area contributed by atoms with Crippen LogP contribution in [0.4, 0.5) is 0 Å². The van der Waals surface area contributed by atoms with Crippen molar-refractivity contribution in [2.75, 3.05) is 19.6 Å². The summed E-state index contributed by atoms with van der Waals surface area (Å²) in [6.07, 6.45) is 5.86. The summed E-state index contributed by atoms with van der Waals surface area (Å²) in [5.41, 5.74) is 0. The molecule has 162 valence electrons. The third kappa shape index (κ3) is 7.14. The van der Waals surface area contributed by atoms with E-state index in [0.717, 1.165) is 25.7 Å². The Morgan fingerprint density at radius 3 is 2.55 bits per heavy atom. The summed E-state index contributed by atoms with van der Waals surface area (Å²) >= 11 is 0. The maximum absolute atomic E-state index is 12.8. The molecule has 2 aliphatic heterocycles. The van der Waals surface area contributed by atoms with Gasteiger partial charge in [0.05, 0.1) is 13.1 Å². The van der Waals surface area contributed by atoms with E-state index in [9.17, 15) is 24.0 Å². The predicted octanol–water partition coefficient (Wildman–Crippen LogP) is 0.0279. The van der Waals surface area contributed by atoms with Gasteiger partial charge in [0.2, 0.25) is 23.6 Å². The van der Waals surface area contributed by atoms with Gasteiger partial charge in [-0.3, -0.25) is 24.0 Å². The fourth-order valence-electron chi connectivity index (χ4n) is 3.69. The first-order chi connectivity index (χ1) is 13.9. The molecule has 9 heteroatoms. The van der Waals surface area contributed by atoms with Crippen LogP contribution in [0.3, 0.4) is 0 Å². The third-order valence-corrected chi connectivity index (χ3v) is 5.46. The topological polar surface area (TPSA) is 125 Å². The molecule has 0 saturated carbocycles. The van der Waals surface area contributed by atoms with E-state index in [1.54, 1.807) is 0 Å². The van der Waals surface area contributed by atoms with Crippen molar-refractivity contribution in [3.63, 3.8) is 0 Å². The van der Waals surface area contributed by atoms with Gasteiger partial charge in [-0.15, -0.1) is 0 Å². The predicted molar refractivity (Wildman–Crippen MR) is 106 cm³/mol. The standard InChI is InChI=1S/C20H32N4O5/c1-2-14(25)8-4-3-5-9-15-19(28)22-12-17(26)21-13-18(27)24-11-7-6-10-16(24)20(29)23-15/h15-16H,2-13H2,1H3,(H,21,26)(H,22,28)(H,23,29)/t15-,16?/m0/s1. The van der Waals surface area contributed by atoms with Crippen LogP contribution in [-0.4, -0.2) is 66.0 Å². The minimum Gasteiger partial charge on any atom is -0.345 e. The lowest BCUT2D eigenvalue weighted by molar-refractivity contribution is -0.143. The van der Waals surface area contributed by atoms with Gasteiger partial charge in [-0.2, -0.15) is 0 Å². The van der Waals surface area contributed by atoms with Crippen LogP contribution in [0.15, 0.2) is 0 Å². The fourth-order valence-corrected chi connectivity index (χ4v) is 3.69. The van der Waals surface area contributed by atoms with Gasteiger partial charge in [0, 0.05) is 19.4 Å². The number of amides is 4. The number of fused-ring (bicyclic) bond motifs is 1. The zero-order valence-corrected chi connectivity index (χ0v) is 17.1. The monoisotopic (exact) mass is 408 g/mol. The van der Waals surface area contributed by atoms with Gasteiger partial charge in [0.15, 0.2) is 0 Å². The Kier molecular flexibility index (Phi) is 9.08. The number of ketones is 1. The van der Waals surface area contributed by atoms with Crippen LogP contribution >= 0.6 is 0 Å². The zero-order chi connectivity index (χ0) is 21.2. The molecule has 0 aliphatic carbocycles. The number of carbonyl (C=O) groups is 5. The summed E-state index contributed by atoms with van der Waals surface area (Å²) < 4.78 is 0. The van der Waals surface area contributed by atoms with Crippen LogP contribution in [-0.2, 0) is 24.0 Å². The van der Waals surface area contributed by atoms with Gasteiger partial charge < -0.3 is 20.9 Å². The highest BCUT2D eigenvalue weighted by molar-refractivity contribution is 5.95. The number of carbonyl (C=O) groups excluding carboxylic acids is 5. The molecule has 0 aromatic heterocycles. The van der Waals surface area contributed by atoms with Gasteiger partial charge in [-0.25, -0.2) is 0 Å². The van der Waals surface area contributed by atoms with Crippen molar-refractivity contribution in [1.82, 2.24) is 20.9 Å². The van der Waals surface area contributed by atoms with E-state index in [1.165, 1.54) is 4.90 Å². The lowest BCUT2D eigenvalue weighted by Gasteiger charge is -2.36. The number of nitrogens with one attached hydrogen (secondary N) is 3. The molecule has 4 amide bonds. The Labute approximate surface area is 171 Å². The van der Waals surface area contributed by atoms with E-state index in [4.69, 9.17) is 0 Å². The molecule has 3 N–H and O–H groups in total. The zero-order valence-electron chi connectivity index (χ0n) is 17.1. The fraction of sp³-hybridized carbons (Fsp3) is 0.750. The molecule has 2 fully saturated rings. The van der Waals surface area contributed by atoms with E-state index in [0.29, 0.717) is 38.6 Å². The molecule has 2 atom stereocenters. The van der Waals surface area contributed by atoms with Crippen molar-refractivity contribution in [3.05, 3.63) is 0 Å². The lowest BCUT2D eigenvalue weighted by Crippen LogP contribution is -2.59. The van der Waals surface area contributed by atoms with Crippen LogP contribution in [0.5, 0.6) is 0 Å². The van der Waals surface area contributed by atoms with E-state index in [-0.39, 0.29) is 30.7 Å². The molecule has 0 aromatic carbocycles. The smallest absolute Gasteiger partial charge is 0.243 e. The Morgan fingerprint density at radius 2 is 1.79 bits per heavy atom. The normalized spacial score (nSPS) is 23.8. The summed E-state index contributed by atoms with van der Waals surface area (Å²) in [5.74, 6) is -1.25. The van der Waals surface area contributed by atoms with Crippen molar-refractivity contribution in [1.29, 1.82) is 0 Å². The average molecular weight is 408 g/mol. The molecule has 0 radical (unpaired) electrons. The number of piperidine rings is 1. The van der Waals surface area contributed by atoms with Crippen molar-refractivity contribution in [3.8, 4) is 0 Å². The second kappa shape index (κ2) is 11.5. The van der Waals surface area contributed by atoms with Crippen LogP contribution in [0.2, 0.25) is 0 Å². The summed E-state index contributed by atoms with van der Waals surface area (Å²) in [6.45, 7) is 1.88. The minimum absolute atomic E-state index is 0.182. The number of rotatable bonds is 7. The first kappa shape index (κ1) is 22.8. The number of nitrogens with zero attached hydrogens (tertiary/aromatic N) is 1. The van der Waals surface area contributed by atoms with E-state index in [1.807, 2.05) is 6.92 Å². The first-order valence-electron chi connectivity index (χ1n) is 10.6. The number of unbranched alkanes of at least 4 members (excludes halogenated alkanes) is 2. The second-order valence-corrected chi connectivity index (χ2v) is 7.65. The highest BCUT2D eigenvalue weighted by Gasteiger charge is 2.34. The molecule has 0 aromatic rings. The Balaban J connectivity index is 2.01. The van der Waals surface area contributed by atoms with Gasteiger partial charge >= 0.3 is 0 Å². The van der Waals surface area contributed by atoms with Gasteiger partial charge in [0.25, 0.3) is 0 Å². The molecule has 2 saturated heterocycles. The van der Waals surface area contributed by atoms with Crippen LogP contribution < -0.4 is 16.0 Å². The van der Waals surface area contributed by atoms with E-state index < -0.39 is 23.9 Å². The Hall–Kier alpha value is -2.45. The summed E-state index contributed by atoms with van der Waals surface area (Å²) in [4.78, 5) is 62.6. The van der Waals surface area contributed by atoms with Crippen LogP contribution in [0.25, 0.3) is 0 Å².